The third-order valence-electron chi connectivity index (χ3n) is 5.91. The van der Waals surface area contributed by atoms with Crippen LogP contribution in [-0.2, 0) is 22.3 Å². The van der Waals surface area contributed by atoms with Crippen molar-refractivity contribution >= 4 is 17.6 Å². The predicted molar refractivity (Wildman–Crippen MR) is 122 cm³/mol. The van der Waals surface area contributed by atoms with E-state index >= 15 is 0 Å². The third kappa shape index (κ3) is 4.67. The Morgan fingerprint density at radius 2 is 1.72 bits per heavy atom. The number of morpholine rings is 1. The van der Waals surface area contributed by atoms with E-state index in [-0.39, 0.29) is 29.3 Å². The van der Waals surface area contributed by atoms with Crippen molar-refractivity contribution in [1.29, 1.82) is 0 Å². The Morgan fingerprint density at radius 1 is 1.06 bits per heavy atom. The summed E-state index contributed by atoms with van der Waals surface area (Å²) in [5.41, 5.74) is -3.13. The maximum atomic E-state index is 13.3. The van der Waals surface area contributed by atoms with Gasteiger partial charge in [-0.15, -0.1) is 0 Å². The van der Waals surface area contributed by atoms with Crippen molar-refractivity contribution in [3.63, 3.8) is 0 Å². The molecular weight excluding hydrogens is 483 g/mol. The van der Waals surface area contributed by atoms with Crippen molar-refractivity contribution in [1.82, 2.24) is 9.13 Å². The number of carbonyl (C=O) groups is 2. The normalized spacial score (nSPS) is 14.2. The highest BCUT2D eigenvalue weighted by molar-refractivity contribution is 5.94. The highest BCUT2D eigenvalue weighted by atomic mass is 19.4. The van der Waals surface area contributed by atoms with Gasteiger partial charge in [0.1, 0.15) is 12.2 Å². The fraction of sp³-hybridized carbons (Fsp3) is 0.250. The molecule has 3 aromatic rings. The summed E-state index contributed by atoms with van der Waals surface area (Å²) in [7, 11) is 0. The van der Waals surface area contributed by atoms with Gasteiger partial charge in [-0.2, -0.15) is 13.2 Å². The lowest BCUT2D eigenvalue weighted by atomic mass is 10.0. The lowest BCUT2D eigenvalue weighted by molar-refractivity contribution is -0.138. The summed E-state index contributed by atoms with van der Waals surface area (Å²) in [4.78, 5) is 51.3. The zero-order chi connectivity index (χ0) is 26.2. The minimum atomic E-state index is -4.64. The van der Waals surface area contributed by atoms with Crippen molar-refractivity contribution in [3.05, 3.63) is 91.8 Å². The van der Waals surface area contributed by atoms with Crippen LogP contribution in [0.3, 0.4) is 0 Å². The minimum absolute atomic E-state index is 0.0410. The molecule has 1 saturated heterocycles. The Bertz CT molecular complexity index is 1460. The molecule has 1 aromatic heterocycles. The molecule has 1 amide bonds. The summed E-state index contributed by atoms with van der Waals surface area (Å²) < 4.78 is 46.6. The van der Waals surface area contributed by atoms with Crippen molar-refractivity contribution in [2.75, 3.05) is 24.7 Å². The lowest BCUT2D eigenvalue weighted by Crippen LogP contribution is -2.42. The van der Waals surface area contributed by atoms with Gasteiger partial charge in [0.05, 0.1) is 24.4 Å². The molecule has 1 N–H and O–H groups in total. The molecule has 2 aromatic carbocycles. The van der Waals surface area contributed by atoms with E-state index in [9.17, 15) is 37.5 Å². The molecule has 0 aliphatic carbocycles. The monoisotopic (exact) mass is 503 g/mol. The number of amides is 1. The van der Waals surface area contributed by atoms with Gasteiger partial charge in [-0.3, -0.25) is 18.7 Å². The predicted octanol–water partition coefficient (Wildman–Crippen LogP) is 2.44. The van der Waals surface area contributed by atoms with Crippen LogP contribution in [0.1, 0.15) is 27.0 Å². The smallest absolute Gasteiger partial charge is 0.416 e. The molecule has 0 bridgehead atoms. The van der Waals surface area contributed by atoms with E-state index in [4.69, 9.17) is 4.74 Å². The number of aromatic carboxylic acids is 1. The second kappa shape index (κ2) is 9.46. The lowest BCUT2D eigenvalue weighted by Gasteiger charge is -2.27. The number of halogens is 3. The first kappa shape index (κ1) is 24.9. The fourth-order valence-corrected chi connectivity index (χ4v) is 3.99. The first-order valence-corrected chi connectivity index (χ1v) is 10.7. The van der Waals surface area contributed by atoms with E-state index in [0.29, 0.717) is 23.4 Å². The molecule has 1 fully saturated rings. The van der Waals surface area contributed by atoms with Crippen LogP contribution in [0.2, 0.25) is 0 Å². The van der Waals surface area contributed by atoms with E-state index < -0.39 is 41.1 Å². The Kier molecular flexibility index (Phi) is 6.55. The molecule has 0 saturated carbocycles. The van der Waals surface area contributed by atoms with E-state index in [1.807, 2.05) is 0 Å². The van der Waals surface area contributed by atoms with E-state index in [0.717, 1.165) is 22.9 Å². The number of hydrogen-bond acceptors (Lipinski definition) is 5. The van der Waals surface area contributed by atoms with Gasteiger partial charge in [0, 0.05) is 18.4 Å². The number of carboxylic acids is 1. The van der Waals surface area contributed by atoms with Gasteiger partial charge in [0.25, 0.3) is 11.5 Å². The highest BCUT2D eigenvalue weighted by Crippen LogP contribution is 2.33. The van der Waals surface area contributed by atoms with Crippen molar-refractivity contribution in [3.8, 4) is 5.69 Å². The van der Waals surface area contributed by atoms with Crippen LogP contribution in [0.5, 0.6) is 0 Å². The molecule has 1 aliphatic rings. The average Bonchev–Trinajstić information content (AvgIpc) is 2.82. The van der Waals surface area contributed by atoms with Crippen molar-refractivity contribution in [2.45, 2.75) is 19.6 Å². The van der Waals surface area contributed by atoms with Crippen LogP contribution in [0.4, 0.5) is 18.9 Å². The quantitative estimate of drug-likeness (QED) is 0.573. The number of benzene rings is 2. The number of ether oxygens (including phenoxy) is 1. The third-order valence-corrected chi connectivity index (χ3v) is 5.91. The number of nitrogens with zero attached hydrogens (tertiary/aromatic N) is 3. The molecule has 188 valence electrons. The number of aromatic nitrogens is 2. The minimum Gasteiger partial charge on any atom is -0.477 e. The van der Waals surface area contributed by atoms with Crippen LogP contribution in [0, 0.1) is 6.92 Å². The van der Waals surface area contributed by atoms with Gasteiger partial charge >= 0.3 is 17.8 Å². The van der Waals surface area contributed by atoms with E-state index in [1.165, 1.54) is 30.0 Å². The van der Waals surface area contributed by atoms with Crippen LogP contribution >= 0.6 is 0 Å². The Labute approximate surface area is 201 Å². The molecule has 0 atom stereocenters. The summed E-state index contributed by atoms with van der Waals surface area (Å²) >= 11 is 0. The average molecular weight is 503 g/mol. The van der Waals surface area contributed by atoms with Crippen LogP contribution in [-0.4, -0.2) is 45.9 Å². The highest BCUT2D eigenvalue weighted by Gasteiger charge is 2.33. The van der Waals surface area contributed by atoms with Gasteiger partial charge < -0.3 is 14.7 Å². The fourth-order valence-electron chi connectivity index (χ4n) is 3.99. The summed E-state index contributed by atoms with van der Waals surface area (Å²) in [6.45, 7) is 1.28. The van der Waals surface area contributed by atoms with Gasteiger partial charge in [-0.05, 0) is 48.4 Å². The topological polar surface area (TPSA) is 111 Å². The second-order valence-corrected chi connectivity index (χ2v) is 8.09. The van der Waals surface area contributed by atoms with Crippen molar-refractivity contribution in [2.24, 2.45) is 0 Å². The largest absolute Gasteiger partial charge is 0.477 e. The SMILES string of the molecule is Cc1c(Cn2c(=O)c(C(=O)O)cn(-c3ccc(N4CCOCC4=O)cc3)c2=O)cccc1C(F)(F)F. The Balaban J connectivity index is 1.80. The molecular formula is C24H20F3N3O6. The van der Waals surface area contributed by atoms with Gasteiger partial charge in [-0.1, -0.05) is 12.1 Å². The Morgan fingerprint density at radius 3 is 2.33 bits per heavy atom. The first-order valence-electron chi connectivity index (χ1n) is 10.7. The van der Waals surface area contributed by atoms with Crippen LogP contribution in [0.25, 0.3) is 5.69 Å². The van der Waals surface area contributed by atoms with Gasteiger partial charge in [-0.25, -0.2) is 9.59 Å². The molecule has 0 spiro atoms. The number of carboxylic acid groups (broad SMARTS) is 1. The number of hydrogen-bond donors (Lipinski definition) is 1. The summed E-state index contributed by atoms with van der Waals surface area (Å²) in [6.07, 6.45) is -3.77. The first-order chi connectivity index (χ1) is 17.0. The maximum Gasteiger partial charge on any atom is 0.416 e. The van der Waals surface area contributed by atoms with E-state index in [2.05, 4.69) is 0 Å². The molecule has 9 nitrogen and oxygen atoms in total. The van der Waals surface area contributed by atoms with Crippen LogP contribution in [0.15, 0.2) is 58.3 Å². The maximum absolute atomic E-state index is 13.3. The summed E-state index contributed by atoms with van der Waals surface area (Å²) in [5, 5.41) is 9.53. The molecule has 0 radical (unpaired) electrons. The number of anilines is 1. The van der Waals surface area contributed by atoms with Gasteiger partial charge in [0.2, 0.25) is 0 Å². The van der Waals surface area contributed by atoms with Crippen LogP contribution < -0.4 is 16.1 Å². The summed E-state index contributed by atoms with van der Waals surface area (Å²) in [5.74, 6) is -1.84. The number of rotatable bonds is 5. The second-order valence-electron chi connectivity index (χ2n) is 8.09. The molecule has 36 heavy (non-hydrogen) atoms. The zero-order valence-corrected chi connectivity index (χ0v) is 18.9. The molecule has 2 heterocycles. The number of carbonyl (C=O) groups excluding carboxylic acids is 1. The number of alkyl halides is 3. The Hall–Kier alpha value is -4.19. The standard InChI is InChI=1S/C24H20F3N3O6/c1-14-15(3-2-4-19(14)24(25,26)27)11-30-21(32)18(22(33)34)12-29(23(30)35)17-7-5-16(6-8-17)28-9-10-36-13-20(28)31/h2-8,12H,9-11,13H2,1H3,(H,33,34). The zero-order valence-electron chi connectivity index (χ0n) is 18.9. The molecule has 0 unspecified atom stereocenters. The van der Waals surface area contributed by atoms with Gasteiger partial charge in [0.15, 0.2) is 0 Å². The van der Waals surface area contributed by atoms with Crippen molar-refractivity contribution < 1.29 is 32.6 Å². The molecule has 1 aliphatic heterocycles. The molecule has 12 heteroatoms. The van der Waals surface area contributed by atoms with E-state index in [1.54, 1.807) is 12.1 Å². The molecule has 4 rings (SSSR count). The summed E-state index contributed by atoms with van der Waals surface area (Å²) in [6, 6.07) is 9.42.